The molecule has 0 atom stereocenters. The number of thiophene rings is 1. The van der Waals surface area contributed by atoms with Crippen LogP contribution in [0.5, 0.6) is 0 Å². The maximum Gasteiger partial charge on any atom is 0.332 e. The molecule has 1 aromatic heterocycles. The van der Waals surface area contributed by atoms with Gasteiger partial charge in [0.15, 0.2) is 0 Å². The second-order valence-corrected chi connectivity index (χ2v) is 5.53. The van der Waals surface area contributed by atoms with E-state index in [2.05, 4.69) is 0 Å². The molecular weight excluding hydrogens is 312 g/mol. The molecular formula is C17H15N2O3S. The average Bonchev–Trinajstić information content (AvgIpc) is 3.11. The van der Waals surface area contributed by atoms with Crippen molar-refractivity contribution >= 4 is 40.6 Å². The Kier molecular flexibility index (Phi) is 5.82. The lowest BCUT2D eigenvalue weighted by Crippen LogP contribution is -2.44. The first kappa shape index (κ1) is 16.6. The largest absolute Gasteiger partial charge is 0.332 e. The van der Waals surface area contributed by atoms with E-state index in [0.717, 1.165) is 10.5 Å². The van der Waals surface area contributed by atoms with E-state index >= 15 is 0 Å². The first-order valence-electron chi connectivity index (χ1n) is 6.84. The zero-order valence-corrected chi connectivity index (χ0v) is 13.3. The van der Waals surface area contributed by atoms with Gasteiger partial charge in [0.1, 0.15) is 0 Å². The molecule has 0 aliphatic carbocycles. The summed E-state index contributed by atoms with van der Waals surface area (Å²) < 4.78 is 0. The monoisotopic (exact) mass is 327 g/mol. The van der Waals surface area contributed by atoms with Gasteiger partial charge in [-0.25, -0.2) is 4.79 Å². The van der Waals surface area contributed by atoms with Crippen LogP contribution >= 0.6 is 11.3 Å². The summed E-state index contributed by atoms with van der Waals surface area (Å²) in [7, 11) is 1.56. The van der Waals surface area contributed by atoms with E-state index in [4.69, 9.17) is 0 Å². The smallest absolute Gasteiger partial charge is 0.289 e. The van der Waals surface area contributed by atoms with Gasteiger partial charge in [0.25, 0.3) is 5.91 Å². The fourth-order valence-electron chi connectivity index (χ4n) is 1.86. The molecule has 1 aromatic carbocycles. The van der Waals surface area contributed by atoms with Crippen molar-refractivity contribution in [3.05, 3.63) is 59.5 Å². The number of urea groups is 1. The highest BCUT2D eigenvalue weighted by molar-refractivity contribution is 7.14. The van der Waals surface area contributed by atoms with Crippen molar-refractivity contribution in [3.63, 3.8) is 0 Å². The van der Waals surface area contributed by atoms with Gasteiger partial charge in [-0.3, -0.25) is 19.4 Å². The van der Waals surface area contributed by atoms with Crippen molar-refractivity contribution in [2.75, 3.05) is 18.5 Å². The minimum Gasteiger partial charge on any atom is -0.289 e. The quantitative estimate of drug-likeness (QED) is 0.793. The first-order chi connectivity index (χ1) is 11.1. The molecule has 1 radical (unpaired) electrons. The molecule has 6 heteroatoms. The third-order valence-corrected chi connectivity index (χ3v) is 4.01. The highest BCUT2D eigenvalue weighted by Crippen LogP contribution is 2.21. The van der Waals surface area contributed by atoms with Crippen LogP contribution in [0.1, 0.15) is 5.56 Å². The molecule has 2 rings (SSSR count). The second kappa shape index (κ2) is 8.05. The van der Waals surface area contributed by atoms with Crippen LogP contribution in [0.2, 0.25) is 0 Å². The summed E-state index contributed by atoms with van der Waals surface area (Å²) in [5, 5.41) is 2.51. The van der Waals surface area contributed by atoms with Crippen LogP contribution in [-0.4, -0.2) is 36.7 Å². The highest BCUT2D eigenvalue weighted by Gasteiger charge is 2.24. The summed E-state index contributed by atoms with van der Waals surface area (Å²) in [6.45, 7) is -0.410. The minimum atomic E-state index is -0.571. The lowest BCUT2D eigenvalue weighted by atomic mass is 10.2. The van der Waals surface area contributed by atoms with Crippen LogP contribution in [0.15, 0.2) is 53.9 Å². The number of carbonyl (C=O) groups is 2. The minimum absolute atomic E-state index is 0.410. The Bertz CT molecular complexity index is 696. The summed E-state index contributed by atoms with van der Waals surface area (Å²) in [6.07, 6.45) is 4.47. The first-order valence-corrected chi connectivity index (χ1v) is 7.72. The summed E-state index contributed by atoms with van der Waals surface area (Å²) in [5.74, 6) is -0.564. The Morgan fingerprint density at radius 1 is 1.17 bits per heavy atom. The van der Waals surface area contributed by atoms with Crippen molar-refractivity contribution in [2.24, 2.45) is 0 Å². The Hall–Kier alpha value is -2.73. The Morgan fingerprint density at radius 2 is 1.91 bits per heavy atom. The average molecular weight is 327 g/mol. The van der Waals surface area contributed by atoms with Gasteiger partial charge < -0.3 is 0 Å². The molecule has 117 valence electrons. The maximum absolute atomic E-state index is 12.4. The number of hydrogen-bond acceptors (Lipinski definition) is 4. The van der Waals surface area contributed by atoms with Crippen molar-refractivity contribution < 1.29 is 14.4 Å². The van der Waals surface area contributed by atoms with Crippen LogP contribution < -0.4 is 4.90 Å². The molecule has 0 N–H and O–H groups in total. The van der Waals surface area contributed by atoms with Gasteiger partial charge in [-0.15, -0.1) is 11.3 Å². The number of hydrogen-bond donors (Lipinski definition) is 0. The molecule has 0 spiro atoms. The summed E-state index contributed by atoms with van der Waals surface area (Å²) >= 11 is 1.37. The Balaban J connectivity index is 2.13. The van der Waals surface area contributed by atoms with Crippen molar-refractivity contribution in [3.8, 4) is 0 Å². The predicted molar refractivity (Wildman–Crippen MR) is 91.0 cm³/mol. The number of imide groups is 1. The molecule has 0 saturated heterocycles. The molecule has 0 saturated carbocycles. The number of benzene rings is 1. The van der Waals surface area contributed by atoms with Crippen LogP contribution in [0.3, 0.4) is 0 Å². The molecule has 0 fully saturated rings. The van der Waals surface area contributed by atoms with Gasteiger partial charge in [0.05, 0.1) is 11.5 Å². The predicted octanol–water partition coefficient (Wildman–Crippen LogP) is 2.96. The molecule has 0 aliphatic rings. The summed E-state index contributed by atoms with van der Waals surface area (Å²) in [5.41, 5.74) is 0.829. The Morgan fingerprint density at radius 3 is 2.52 bits per heavy atom. The molecule has 23 heavy (non-hydrogen) atoms. The molecule has 3 amide bonds. The van der Waals surface area contributed by atoms with Gasteiger partial charge in [-0.2, -0.15) is 0 Å². The highest BCUT2D eigenvalue weighted by atomic mass is 32.1. The van der Waals surface area contributed by atoms with Crippen LogP contribution in [0.25, 0.3) is 6.08 Å². The second-order valence-electron chi connectivity index (χ2n) is 4.61. The van der Waals surface area contributed by atoms with Crippen LogP contribution in [0, 0.1) is 0 Å². The van der Waals surface area contributed by atoms with Gasteiger partial charge in [-0.05, 0) is 29.2 Å². The number of anilines is 1. The fraction of sp³-hybridized carbons (Fsp3) is 0.118. The van der Waals surface area contributed by atoms with Crippen molar-refractivity contribution in [2.45, 2.75) is 0 Å². The zero-order chi connectivity index (χ0) is 16.7. The fourth-order valence-corrected chi connectivity index (χ4v) is 2.55. The van der Waals surface area contributed by atoms with Gasteiger partial charge in [-0.1, -0.05) is 30.3 Å². The maximum atomic E-state index is 12.4. The van der Waals surface area contributed by atoms with Crippen molar-refractivity contribution in [1.82, 2.24) is 4.90 Å². The van der Waals surface area contributed by atoms with E-state index in [0.29, 0.717) is 5.00 Å². The SMILES string of the molecule is CN(C(=O)N(C[C]=O)C(=O)C=Cc1ccccc1)c1cccs1. The lowest BCUT2D eigenvalue weighted by molar-refractivity contribution is -0.122. The molecule has 2 aromatic rings. The van der Waals surface area contributed by atoms with Gasteiger partial charge >= 0.3 is 6.03 Å². The summed E-state index contributed by atoms with van der Waals surface area (Å²) in [4.78, 5) is 37.5. The van der Waals surface area contributed by atoms with E-state index in [-0.39, 0.29) is 0 Å². The number of carbonyl (C=O) groups excluding carboxylic acids is 3. The molecule has 1 heterocycles. The zero-order valence-electron chi connectivity index (χ0n) is 12.5. The molecule has 0 unspecified atom stereocenters. The van der Waals surface area contributed by atoms with Gasteiger partial charge in [0, 0.05) is 13.1 Å². The van der Waals surface area contributed by atoms with E-state index in [9.17, 15) is 14.4 Å². The number of rotatable bonds is 5. The van der Waals surface area contributed by atoms with E-state index in [1.165, 1.54) is 22.3 Å². The molecule has 0 bridgehead atoms. The van der Waals surface area contributed by atoms with E-state index < -0.39 is 18.5 Å². The third kappa shape index (κ3) is 4.37. The molecule has 5 nitrogen and oxygen atoms in total. The Labute approximate surface area is 138 Å². The normalized spacial score (nSPS) is 10.5. The van der Waals surface area contributed by atoms with Crippen LogP contribution in [-0.2, 0) is 9.59 Å². The number of nitrogens with zero attached hydrogens (tertiary/aromatic N) is 2. The van der Waals surface area contributed by atoms with Crippen molar-refractivity contribution in [1.29, 1.82) is 0 Å². The van der Waals surface area contributed by atoms with Gasteiger partial charge in [0.2, 0.25) is 6.29 Å². The summed E-state index contributed by atoms with van der Waals surface area (Å²) in [6, 6.07) is 12.2. The molecule has 0 aliphatic heterocycles. The third-order valence-electron chi connectivity index (χ3n) is 3.06. The topological polar surface area (TPSA) is 57.7 Å². The van der Waals surface area contributed by atoms with E-state index in [1.54, 1.807) is 31.5 Å². The number of amides is 3. The standard InChI is InChI=1S/C17H15N2O3S/c1-18(16-8-5-13-23-16)17(22)19(11-12-20)15(21)10-9-14-6-3-2-4-7-14/h2-10,13H,11H2,1H3. The van der Waals surface area contributed by atoms with E-state index in [1.807, 2.05) is 35.7 Å². The van der Waals surface area contributed by atoms with Crippen LogP contribution in [0.4, 0.5) is 9.80 Å². The lowest BCUT2D eigenvalue weighted by Gasteiger charge is -2.23.